The molecule has 138 valence electrons. The fourth-order valence-electron chi connectivity index (χ4n) is 2.13. The van der Waals surface area contributed by atoms with Gasteiger partial charge in [-0.15, -0.1) is 0 Å². The first-order valence-electron chi connectivity index (χ1n) is 7.39. The van der Waals surface area contributed by atoms with Crippen LogP contribution >= 0.6 is 23.2 Å². The normalized spacial score (nSPS) is 10.5. The molecule has 0 aliphatic rings. The van der Waals surface area contributed by atoms with E-state index in [1.165, 1.54) is 42.5 Å². The summed E-state index contributed by atoms with van der Waals surface area (Å²) in [6.07, 6.45) is 0. The molecule has 2 rings (SSSR count). The van der Waals surface area contributed by atoms with Crippen molar-refractivity contribution in [1.29, 1.82) is 10.5 Å². The summed E-state index contributed by atoms with van der Waals surface area (Å²) in [5, 5.41) is 17.7. The summed E-state index contributed by atoms with van der Waals surface area (Å²) in [5.41, 5.74) is 0.416. The average molecular weight is 423 g/mol. The Balaban J connectivity index is 2.23. The Morgan fingerprint density at radius 2 is 1.63 bits per heavy atom. The maximum absolute atomic E-state index is 12.5. The summed E-state index contributed by atoms with van der Waals surface area (Å²) in [6, 6.07) is 13.3. The van der Waals surface area contributed by atoms with E-state index >= 15 is 0 Å². The van der Waals surface area contributed by atoms with E-state index in [1.807, 2.05) is 12.1 Å². The Kier molecular flexibility index (Phi) is 6.65. The molecule has 0 spiro atoms. The summed E-state index contributed by atoms with van der Waals surface area (Å²) in [5.74, 6) is -0.509. The number of hydrogen-bond acceptors (Lipinski definition) is 5. The maximum Gasteiger partial charge on any atom is 0.263 e. The minimum Gasteiger partial charge on any atom is -0.312 e. The summed E-state index contributed by atoms with van der Waals surface area (Å²) in [7, 11) is -3.98. The highest BCUT2D eigenvalue weighted by Gasteiger charge is 2.19. The van der Waals surface area contributed by atoms with E-state index in [0.717, 1.165) is 4.90 Å². The molecule has 0 aromatic heterocycles. The van der Waals surface area contributed by atoms with Gasteiger partial charge in [-0.25, -0.2) is 8.42 Å². The minimum atomic E-state index is -3.98. The smallest absolute Gasteiger partial charge is 0.263 e. The summed E-state index contributed by atoms with van der Waals surface area (Å²) < 4.78 is 27.3. The zero-order valence-corrected chi connectivity index (χ0v) is 16.0. The summed E-state index contributed by atoms with van der Waals surface area (Å²) in [4.78, 5) is 13.2. The van der Waals surface area contributed by atoms with E-state index < -0.39 is 15.9 Å². The van der Waals surface area contributed by atoms with Gasteiger partial charge in [0.05, 0.1) is 17.2 Å². The second kappa shape index (κ2) is 8.74. The number of nitriles is 2. The highest BCUT2D eigenvalue weighted by atomic mass is 35.5. The van der Waals surface area contributed by atoms with Gasteiger partial charge in [-0.3, -0.25) is 9.52 Å². The van der Waals surface area contributed by atoms with Crippen LogP contribution in [-0.2, 0) is 10.0 Å². The monoisotopic (exact) mass is 422 g/mol. The molecule has 0 saturated carbocycles. The number of anilines is 1. The fraction of sp³-hybridized carbons (Fsp3) is 0.118. The van der Waals surface area contributed by atoms with Crippen molar-refractivity contribution in [2.75, 3.05) is 17.8 Å². The third-order valence-corrected chi connectivity index (χ3v) is 5.48. The van der Waals surface area contributed by atoms with Crippen LogP contribution < -0.4 is 4.72 Å². The van der Waals surface area contributed by atoms with Crippen LogP contribution in [0.3, 0.4) is 0 Å². The van der Waals surface area contributed by atoms with Gasteiger partial charge >= 0.3 is 0 Å². The first kappa shape index (κ1) is 20.5. The van der Waals surface area contributed by atoms with Crippen LogP contribution in [-0.4, -0.2) is 32.3 Å². The van der Waals surface area contributed by atoms with Gasteiger partial charge in [0.2, 0.25) is 0 Å². The first-order valence-corrected chi connectivity index (χ1v) is 9.63. The number of halogens is 2. The molecular formula is C17H12Cl2N4O3S. The quantitative estimate of drug-likeness (QED) is 0.717. The van der Waals surface area contributed by atoms with Crippen molar-refractivity contribution >= 4 is 44.8 Å². The number of amides is 1. The number of carbonyl (C=O) groups excluding carboxylic acids is 1. The number of sulfonamides is 1. The molecule has 1 N–H and O–H groups in total. The average Bonchev–Trinajstić information content (AvgIpc) is 2.63. The van der Waals surface area contributed by atoms with Crippen molar-refractivity contribution in [3.05, 3.63) is 58.1 Å². The third kappa shape index (κ3) is 5.11. The van der Waals surface area contributed by atoms with Crippen molar-refractivity contribution in [2.24, 2.45) is 0 Å². The number of carbonyl (C=O) groups is 1. The molecule has 0 aliphatic heterocycles. The lowest BCUT2D eigenvalue weighted by molar-refractivity contribution is 0.0794. The second-order valence-corrected chi connectivity index (χ2v) is 7.73. The van der Waals surface area contributed by atoms with Crippen LogP contribution in [0.4, 0.5) is 5.69 Å². The lowest BCUT2D eigenvalue weighted by Crippen LogP contribution is -2.31. The Morgan fingerprint density at radius 3 is 2.19 bits per heavy atom. The SMILES string of the molecule is N#CCN(CC#N)C(=O)c1ccc(NS(=O)(=O)c2cc(Cl)ccc2Cl)cc1. The second-order valence-electron chi connectivity index (χ2n) is 5.24. The third-order valence-electron chi connectivity index (χ3n) is 3.38. The van der Waals surface area contributed by atoms with Gasteiger partial charge in [-0.1, -0.05) is 23.2 Å². The van der Waals surface area contributed by atoms with Crippen LogP contribution in [0.1, 0.15) is 10.4 Å². The lowest BCUT2D eigenvalue weighted by Gasteiger charge is -2.16. The standard InChI is InChI=1S/C17H12Cl2N4O3S/c18-13-3-6-15(19)16(11-13)27(25,26)22-14-4-1-12(2-5-14)17(24)23(9-7-20)10-8-21/h1-6,11,22H,9-10H2. The Hall–Kier alpha value is -2.78. The number of hydrogen-bond donors (Lipinski definition) is 1. The maximum atomic E-state index is 12.5. The van der Waals surface area contributed by atoms with Crippen LogP contribution in [0.25, 0.3) is 0 Å². The predicted molar refractivity (Wildman–Crippen MR) is 101 cm³/mol. The van der Waals surface area contributed by atoms with Crippen molar-refractivity contribution in [1.82, 2.24) is 4.90 Å². The number of nitrogens with zero attached hydrogens (tertiary/aromatic N) is 3. The summed E-state index contributed by atoms with van der Waals surface area (Å²) >= 11 is 11.8. The molecule has 2 aromatic carbocycles. The highest BCUT2D eigenvalue weighted by molar-refractivity contribution is 7.92. The molecule has 0 radical (unpaired) electrons. The van der Waals surface area contributed by atoms with Crippen molar-refractivity contribution in [3.63, 3.8) is 0 Å². The molecule has 1 amide bonds. The van der Waals surface area contributed by atoms with E-state index in [4.69, 9.17) is 33.7 Å². The van der Waals surface area contributed by atoms with E-state index in [0.29, 0.717) is 0 Å². The minimum absolute atomic E-state index is 0.0161. The van der Waals surface area contributed by atoms with Gasteiger partial charge in [-0.05, 0) is 42.5 Å². The van der Waals surface area contributed by atoms with Crippen LogP contribution in [0, 0.1) is 22.7 Å². The zero-order chi connectivity index (χ0) is 20.0. The molecule has 0 heterocycles. The van der Waals surface area contributed by atoms with E-state index in [9.17, 15) is 13.2 Å². The van der Waals surface area contributed by atoms with Gasteiger partial charge in [0.1, 0.15) is 18.0 Å². The number of nitrogens with one attached hydrogen (secondary N) is 1. The van der Waals surface area contributed by atoms with Crippen molar-refractivity contribution in [2.45, 2.75) is 4.90 Å². The van der Waals surface area contributed by atoms with E-state index in [1.54, 1.807) is 0 Å². The van der Waals surface area contributed by atoms with Crippen LogP contribution in [0.2, 0.25) is 10.0 Å². The van der Waals surface area contributed by atoms with E-state index in [2.05, 4.69) is 4.72 Å². The first-order chi connectivity index (χ1) is 12.8. The highest BCUT2D eigenvalue weighted by Crippen LogP contribution is 2.27. The van der Waals surface area contributed by atoms with Crippen molar-refractivity contribution < 1.29 is 13.2 Å². The molecule has 0 fully saturated rings. The zero-order valence-electron chi connectivity index (χ0n) is 13.7. The van der Waals surface area contributed by atoms with Gasteiger partial charge in [0, 0.05) is 16.3 Å². The Morgan fingerprint density at radius 1 is 1.04 bits per heavy atom. The Bertz CT molecular complexity index is 1030. The van der Waals surface area contributed by atoms with Gasteiger partial charge in [0.15, 0.2) is 0 Å². The van der Waals surface area contributed by atoms with Crippen LogP contribution in [0.5, 0.6) is 0 Å². The number of rotatable bonds is 6. The topological polar surface area (TPSA) is 114 Å². The lowest BCUT2D eigenvalue weighted by atomic mass is 10.2. The molecule has 27 heavy (non-hydrogen) atoms. The fourth-order valence-corrected chi connectivity index (χ4v) is 3.95. The van der Waals surface area contributed by atoms with E-state index in [-0.39, 0.29) is 39.3 Å². The molecule has 0 unspecified atom stereocenters. The molecule has 0 atom stereocenters. The number of benzene rings is 2. The largest absolute Gasteiger partial charge is 0.312 e. The van der Waals surface area contributed by atoms with Crippen LogP contribution in [0.15, 0.2) is 47.4 Å². The van der Waals surface area contributed by atoms with Gasteiger partial charge in [0.25, 0.3) is 15.9 Å². The Labute approximate surface area is 166 Å². The van der Waals surface area contributed by atoms with Gasteiger partial charge < -0.3 is 4.90 Å². The molecule has 2 aromatic rings. The van der Waals surface area contributed by atoms with Gasteiger partial charge in [-0.2, -0.15) is 10.5 Å². The molecule has 0 saturated heterocycles. The molecule has 0 aliphatic carbocycles. The molecular weight excluding hydrogens is 411 g/mol. The summed E-state index contributed by atoms with van der Waals surface area (Å²) in [6.45, 7) is -0.456. The molecule has 7 nitrogen and oxygen atoms in total. The molecule has 10 heteroatoms. The molecule has 0 bridgehead atoms. The predicted octanol–water partition coefficient (Wildman–Crippen LogP) is 3.28. The van der Waals surface area contributed by atoms with Crippen molar-refractivity contribution in [3.8, 4) is 12.1 Å².